The van der Waals surface area contributed by atoms with Gasteiger partial charge in [-0.15, -0.1) is 0 Å². The zero-order chi connectivity index (χ0) is 20.8. The highest BCUT2D eigenvalue weighted by Crippen LogP contribution is 2.34. The number of rotatable bonds is 3. The number of halogens is 1. The highest BCUT2D eigenvalue weighted by atomic mass is 19.1. The van der Waals surface area contributed by atoms with Gasteiger partial charge >= 0.3 is 0 Å². The van der Waals surface area contributed by atoms with Gasteiger partial charge in [0.1, 0.15) is 17.2 Å². The molecule has 6 nitrogen and oxygen atoms in total. The first-order valence-corrected chi connectivity index (χ1v) is 9.75. The average molecular weight is 406 g/mol. The lowest BCUT2D eigenvalue weighted by Gasteiger charge is -2.02. The molecule has 0 atom stereocenters. The van der Waals surface area contributed by atoms with Gasteiger partial charge < -0.3 is 4.98 Å². The number of hydrogen-bond donors (Lipinski definition) is 2. The molecule has 0 spiro atoms. The van der Waals surface area contributed by atoms with E-state index in [0.717, 1.165) is 50.1 Å². The van der Waals surface area contributed by atoms with E-state index in [4.69, 9.17) is 0 Å². The molecule has 0 saturated heterocycles. The molecule has 0 unspecified atom stereocenters. The van der Waals surface area contributed by atoms with Gasteiger partial charge in [-0.25, -0.2) is 14.4 Å². The van der Waals surface area contributed by atoms with Crippen LogP contribution in [0, 0.1) is 5.82 Å². The molecule has 6 rings (SSSR count). The monoisotopic (exact) mass is 406 g/mol. The Morgan fingerprint density at radius 3 is 2.39 bits per heavy atom. The van der Waals surface area contributed by atoms with E-state index in [0.29, 0.717) is 5.65 Å². The molecule has 0 fully saturated rings. The first-order chi connectivity index (χ1) is 15.3. The molecule has 5 heterocycles. The number of aromatic amines is 2. The van der Waals surface area contributed by atoms with Crippen molar-refractivity contribution in [1.82, 2.24) is 30.1 Å². The van der Waals surface area contributed by atoms with Gasteiger partial charge in [-0.1, -0.05) is 12.1 Å². The second-order valence-corrected chi connectivity index (χ2v) is 7.24. The molecule has 5 aromatic heterocycles. The van der Waals surface area contributed by atoms with Crippen molar-refractivity contribution in [3.8, 4) is 33.6 Å². The summed E-state index contributed by atoms with van der Waals surface area (Å²) in [4.78, 5) is 16.4. The van der Waals surface area contributed by atoms with Crippen LogP contribution in [-0.2, 0) is 0 Å². The first-order valence-electron chi connectivity index (χ1n) is 9.75. The lowest BCUT2D eigenvalue weighted by molar-refractivity contribution is 0.628. The van der Waals surface area contributed by atoms with Gasteiger partial charge in [0, 0.05) is 41.1 Å². The molecule has 31 heavy (non-hydrogen) atoms. The number of aromatic nitrogens is 6. The summed E-state index contributed by atoms with van der Waals surface area (Å²) in [5.41, 5.74) is 6.96. The predicted octanol–water partition coefficient (Wildman–Crippen LogP) is 5.37. The highest BCUT2D eigenvalue weighted by Gasteiger charge is 2.15. The van der Waals surface area contributed by atoms with Crippen LogP contribution < -0.4 is 0 Å². The van der Waals surface area contributed by atoms with Crippen molar-refractivity contribution in [2.75, 3.05) is 0 Å². The molecule has 0 aliphatic rings. The number of nitrogens with one attached hydrogen (secondary N) is 2. The van der Waals surface area contributed by atoms with Crippen molar-refractivity contribution in [1.29, 1.82) is 0 Å². The van der Waals surface area contributed by atoms with E-state index >= 15 is 0 Å². The number of H-pyrrole nitrogens is 2. The van der Waals surface area contributed by atoms with Gasteiger partial charge in [-0.3, -0.25) is 10.1 Å². The molecule has 0 bridgehead atoms. The van der Waals surface area contributed by atoms with Crippen LogP contribution in [0.3, 0.4) is 0 Å². The topological polar surface area (TPSA) is 83.1 Å². The highest BCUT2D eigenvalue weighted by molar-refractivity contribution is 5.99. The molecule has 0 aliphatic heterocycles. The molecule has 2 N–H and O–H groups in total. The summed E-state index contributed by atoms with van der Waals surface area (Å²) in [6.45, 7) is 0. The van der Waals surface area contributed by atoms with Gasteiger partial charge in [-0.05, 0) is 59.2 Å². The van der Waals surface area contributed by atoms with Gasteiger partial charge in [0.15, 0.2) is 5.65 Å². The molecule has 0 radical (unpaired) electrons. The summed E-state index contributed by atoms with van der Waals surface area (Å²) in [6, 6.07) is 16.4. The minimum absolute atomic E-state index is 0.260. The summed E-state index contributed by atoms with van der Waals surface area (Å²) in [5, 5.41) is 9.36. The van der Waals surface area contributed by atoms with E-state index in [1.807, 2.05) is 30.5 Å². The third-order valence-electron chi connectivity index (χ3n) is 5.37. The van der Waals surface area contributed by atoms with Crippen molar-refractivity contribution in [3.63, 3.8) is 0 Å². The summed E-state index contributed by atoms with van der Waals surface area (Å²) in [5.74, 6) is -0.260. The summed E-state index contributed by atoms with van der Waals surface area (Å²) >= 11 is 0. The van der Waals surface area contributed by atoms with Crippen LogP contribution in [0.4, 0.5) is 4.39 Å². The summed E-state index contributed by atoms with van der Waals surface area (Å²) < 4.78 is 13.4. The Bertz CT molecular complexity index is 1530. The van der Waals surface area contributed by atoms with E-state index in [9.17, 15) is 4.39 Å². The minimum Gasteiger partial charge on any atom is -0.338 e. The van der Waals surface area contributed by atoms with Gasteiger partial charge in [0.2, 0.25) is 0 Å². The number of pyridine rings is 3. The smallest absolute Gasteiger partial charge is 0.155 e. The number of benzene rings is 1. The van der Waals surface area contributed by atoms with E-state index in [2.05, 4.69) is 36.2 Å². The quantitative estimate of drug-likeness (QED) is 0.414. The van der Waals surface area contributed by atoms with Crippen LogP contribution in [0.1, 0.15) is 0 Å². The third kappa shape index (κ3) is 2.95. The second-order valence-electron chi connectivity index (χ2n) is 7.24. The Hall–Kier alpha value is -4.39. The Morgan fingerprint density at radius 1 is 0.710 bits per heavy atom. The fraction of sp³-hybridized carbons (Fsp3) is 0. The van der Waals surface area contributed by atoms with E-state index < -0.39 is 0 Å². The Morgan fingerprint density at radius 2 is 1.55 bits per heavy atom. The van der Waals surface area contributed by atoms with Crippen molar-refractivity contribution < 1.29 is 4.39 Å². The molecule has 148 valence electrons. The molecular weight excluding hydrogens is 391 g/mol. The SMILES string of the molecule is Fc1ccc(-c2ccnc3[nH]c(-c4n[nH]c5ncc(-c6ccncc6)cc45)cc23)cc1. The lowest BCUT2D eigenvalue weighted by Crippen LogP contribution is -1.83. The molecule has 7 heteroatoms. The zero-order valence-corrected chi connectivity index (χ0v) is 16.2. The van der Waals surface area contributed by atoms with Crippen molar-refractivity contribution in [3.05, 3.63) is 85.2 Å². The molecule has 6 aromatic rings. The normalized spacial score (nSPS) is 11.4. The van der Waals surface area contributed by atoms with Crippen LogP contribution in [0.5, 0.6) is 0 Å². The van der Waals surface area contributed by atoms with Crippen LogP contribution in [-0.4, -0.2) is 30.1 Å². The predicted molar refractivity (Wildman–Crippen MR) is 118 cm³/mol. The van der Waals surface area contributed by atoms with Gasteiger partial charge in [-0.2, -0.15) is 5.10 Å². The zero-order valence-electron chi connectivity index (χ0n) is 16.2. The van der Waals surface area contributed by atoms with Crippen LogP contribution >= 0.6 is 0 Å². The van der Waals surface area contributed by atoms with E-state index in [-0.39, 0.29) is 5.82 Å². The minimum atomic E-state index is -0.260. The van der Waals surface area contributed by atoms with Gasteiger partial charge in [0.05, 0.1) is 5.69 Å². The van der Waals surface area contributed by atoms with Crippen LogP contribution in [0.25, 0.3) is 55.7 Å². The standard InChI is InChI=1S/C24H15FN6/c25-17-3-1-15(2-4-17)18-7-10-27-23-19(18)12-21(29-23)22-20-11-16(13-28-24(20)31-30-22)14-5-8-26-9-6-14/h1-13H,(H,27,29)(H,28,30,31). The number of fused-ring (bicyclic) bond motifs is 2. The molecule has 0 amide bonds. The summed E-state index contributed by atoms with van der Waals surface area (Å²) in [6.07, 6.45) is 7.08. The maximum atomic E-state index is 13.4. The molecule has 1 aromatic carbocycles. The molecule has 0 saturated carbocycles. The van der Waals surface area contributed by atoms with Crippen LogP contribution in [0.2, 0.25) is 0 Å². The molecular formula is C24H15FN6. The number of hydrogen-bond acceptors (Lipinski definition) is 4. The fourth-order valence-electron chi connectivity index (χ4n) is 3.85. The average Bonchev–Trinajstić information content (AvgIpc) is 3.43. The van der Waals surface area contributed by atoms with Crippen molar-refractivity contribution in [2.45, 2.75) is 0 Å². The van der Waals surface area contributed by atoms with Crippen molar-refractivity contribution in [2.24, 2.45) is 0 Å². The largest absolute Gasteiger partial charge is 0.338 e. The maximum Gasteiger partial charge on any atom is 0.155 e. The fourth-order valence-corrected chi connectivity index (χ4v) is 3.85. The Labute approximate surface area is 175 Å². The third-order valence-corrected chi connectivity index (χ3v) is 5.37. The first kappa shape index (κ1) is 17.5. The van der Waals surface area contributed by atoms with Gasteiger partial charge in [0.25, 0.3) is 0 Å². The maximum absolute atomic E-state index is 13.4. The van der Waals surface area contributed by atoms with Crippen molar-refractivity contribution >= 4 is 22.1 Å². The molecule has 0 aliphatic carbocycles. The lowest BCUT2D eigenvalue weighted by atomic mass is 10.0. The Balaban J connectivity index is 1.51. The van der Waals surface area contributed by atoms with E-state index in [1.54, 1.807) is 30.7 Å². The van der Waals surface area contributed by atoms with E-state index in [1.165, 1.54) is 12.1 Å². The number of nitrogens with zero attached hydrogens (tertiary/aromatic N) is 4. The summed E-state index contributed by atoms with van der Waals surface area (Å²) in [7, 11) is 0. The Kier molecular flexibility index (Phi) is 3.86. The van der Waals surface area contributed by atoms with Crippen LogP contribution in [0.15, 0.2) is 79.4 Å². The second kappa shape index (κ2) is 6.84.